The lowest BCUT2D eigenvalue weighted by atomic mass is 10.0. The number of hydrogen-bond donors (Lipinski definition) is 5. The van der Waals surface area contributed by atoms with E-state index in [1.807, 2.05) is 0 Å². The number of rotatable bonds is 10. The van der Waals surface area contributed by atoms with Crippen molar-refractivity contribution in [1.29, 1.82) is 0 Å². The molecule has 6 aliphatic rings. The van der Waals surface area contributed by atoms with Gasteiger partial charge in [-0.25, -0.2) is 25.3 Å². The zero-order valence-electron chi connectivity index (χ0n) is 29.1. The maximum Gasteiger partial charge on any atom is 0.418 e. The number of urea groups is 2. The van der Waals surface area contributed by atoms with Crippen LogP contribution in [0.4, 0.5) is 14.4 Å². The molecule has 6 aliphatic heterocycles. The zero-order valence-corrected chi connectivity index (χ0v) is 30.7. The molecule has 24 nitrogen and oxygen atoms in total. The molecule has 6 atom stereocenters. The minimum atomic E-state index is -4.85. The number of fused-ring (bicyclic) bond motifs is 4. The van der Waals surface area contributed by atoms with Gasteiger partial charge in [0.2, 0.25) is 0 Å². The van der Waals surface area contributed by atoms with Gasteiger partial charge < -0.3 is 24.8 Å². The van der Waals surface area contributed by atoms with Crippen LogP contribution in [0.25, 0.3) is 0 Å². The molecule has 0 radical (unpaired) electrons. The van der Waals surface area contributed by atoms with Gasteiger partial charge in [-0.3, -0.25) is 28.4 Å². The summed E-state index contributed by atoms with van der Waals surface area (Å²) in [4.78, 5) is 75.9. The average Bonchev–Trinajstić information content (AvgIpc) is 3.85. The largest absolute Gasteiger partial charge is 0.444 e. The number of hydroxylamine groups is 6. The van der Waals surface area contributed by atoms with Crippen molar-refractivity contribution in [3.63, 3.8) is 0 Å². The number of nitrogens with zero attached hydrogens (tertiary/aromatic N) is 5. The number of likely N-dealkylation sites (tertiary alicyclic amines) is 1. The summed E-state index contributed by atoms with van der Waals surface area (Å²) in [7, 11) is -9.64. The van der Waals surface area contributed by atoms with Gasteiger partial charge in [0.25, 0.3) is 11.8 Å². The number of amides is 7. The van der Waals surface area contributed by atoms with Crippen molar-refractivity contribution in [3.8, 4) is 0 Å². The Labute approximate surface area is 305 Å². The van der Waals surface area contributed by atoms with Gasteiger partial charge in [-0.1, -0.05) is 0 Å². The summed E-state index contributed by atoms with van der Waals surface area (Å²) in [5.74, 6) is -1.02. The Kier molecular flexibility index (Phi) is 12.2. The fraction of sp³-hybridized carbons (Fsp3) is 0.815. The van der Waals surface area contributed by atoms with Crippen molar-refractivity contribution in [2.24, 2.45) is 0 Å². The third-order valence-corrected chi connectivity index (χ3v) is 9.76. The van der Waals surface area contributed by atoms with Crippen LogP contribution >= 0.6 is 0 Å². The lowest BCUT2D eigenvalue weighted by Gasteiger charge is -2.29. The fourth-order valence-electron chi connectivity index (χ4n) is 6.67. The summed E-state index contributed by atoms with van der Waals surface area (Å²) in [6.45, 7) is 7.68. The van der Waals surface area contributed by atoms with Crippen molar-refractivity contribution in [3.05, 3.63) is 0 Å². The number of carbonyl (C=O) groups is 5. The number of hydrogen-bond acceptors (Lipinski definition) is 15. The molecule has 0 saturated carbocycles. The number of piperidine rings is 2. The Morgan fingerprint density at radius 3 is 1.66 bits per heavy atom. The minimum Gasteiger partial charge on any atom is -0.444 e. The zero-order chi connectivity index (χ0) is 38.9. The Morgan fingerprint density at radius 2 is 1.23 bits per heavy atom. The molecular formula is C27H44N8O16S2. The lowest BCUT2D eigenvalue weighted by Crippen LogP contribution is -2.50. The van der Waals surface area contributed by atoms with E-state index >= 15 is 0 Å². The van der Waals surface area contributed by atoms with Crippen molar-refractivity contribution in [1.82, 2.24) is 41.1 Å². The van der Waals surface area contributed by atoms with Crippen LogP contribution in [-0.2, 0) is 53.4 Å². The van der Waals surface area contributed by atoms with Gasteiger partial charge in [0.1, 0.15) is 23.8 Å². The van der Waals surface area contributed by atoms with Crippen molar-refractivity contribution in [2.75, 3.05) is 39.3 Å². The highest BCUT2D eigenvalue weighted by molar-refractivity contribution is 7.81. The summed E-state index contributed by atoms with van der Waals surface area (Å²) >= 11 is 0. The number of ether oxygens (including phenoxy) is 1. The summed E-state index contributed by atoms with van der Waals surface area (Å²) in [6.07, 6.45) is 1.60. The summed E-state index contributed by atoms with van der Waals surface area (Å²) in [5, 5.41) is 4.26. The van der Waals surface area contributed by atoms with Crippen LogP contribution in [0.15, 0.2) is 0 Å². The van der Waals surface area contributed by atoms with Gasteiger partial charge in [0, 0.05) is 26.2 Å². The van der Waals surface area contributed by atoms with E-state index in [1.54, 1.807) is 20.8 Å². The standard InChI is InChI=1S/C16H26N4O9S.C11H18N4O7S/c1-16(2,3)27-15(23)18-7-6-11(9-18)28-17-13(21)12-5-4-10-8-19(12)14(22)20(10)29-30(24,25)26;16-10(13-21-8-3-4-12-5-8)9-2-1-7-6-14(9)11(17)15(7)22-23(18,19)20/h10-12H,4-9H2,1-3H3,(H,17,21)(H,24,25,26);7-9,12H,1-6H2,(H,13,16)(H,18,19,20)/t10-,11+,12+;7-,8+,9+/m11/s1. The van der Waals surface area contributed by atoms with Gasteiger partial charge in [0.05, 0.1) is 24.7 Å². The van der Waals surface area contributed by atoms with Crippen LogP contribution < -0.4 is 16.3 Å². The smallest absolute Gasteiger partial charge is 0.418 e. The molecule has 5 N–H and O–H groups in total. The molecule has 53 heavy (non-hydrogen) atoms. The highest BCUT2D eigenvalue weighted by Gasteiger charge is 2.51. The Hall–Kier alpha value is -3.63. The van der Waals surface area contributed by atoms with Crippen LogP contribution in [0.3, 0.4) is 0 Å². The molecule has 0 spiro atoms. The first-order valence-electron chi connectivity index (χ1n) is 16.8. The topological polar surface area (TPSA) is 293 Å². The quantitative estimate of drug-likeness (QED) is 0.123. The second-order valence-electron chi connectivity index (χ2n) is 14.1. The fourth-order valence-corrected chi connectivity index (χ4v) is 7.45. The first-order valence-corrected chi connectivity index (χ1v) is 19.6. The molecule has 26 heteroatoms. The first kappa shape index (κ1) is 40.6. The van der Waals surface area contributed by atoms with Gasteiger partial charge in [-0.15, -0.1) is 8.57 Å². The molecular weight excluding hydrogens is 756 g/mol. The normalized spacial score (nSPS) is 28.6. The van der Waals surface area contributed by atoms with Gasteiger partial charge >= 0.3 is 39.0 Å². The highest BCUT2D eigenvalue weighted by atomic mass is 32.3. The minimum absolute atomic E-state index is 0.0856. The molecule has 6 fully saturated rings. The van der Waals surface area contributed by atoms with Crippen LogP contribution in [0.2, 0.25) is 0 Å². The molecule has 6 saturated heterocycles. The van der Waals surface area contributed by atoms with E-state index in [-0.39, 0.29) is 32.2 Å². The highest BCUT2D eigenvalue weighted by Crippen LogP contribution is 2.32. The molecule has 7 amide bonds. The van der Waals surface area contributed by atoms with E-state index in [1.165, 1.54) is 14.7 Å². The monoisotopic (exact) mass is 800 g/mol. The molecule has 6 heterocycles. The molecule has 0 unspecified atom stereocenters. The number of nitrogens with one attached hydrogen (secondary N) is 3. The number of carbonyl (C=O) groups excluding carboxylic acids is 5. The SMILES string of the molecule is CC(C)(C)OC(=O)N1CC[C@H](ONC(=O)[C@@H]2CC[C@@H]3CN2C(=O)N3OS(=O)(=O)O)C1.O=C(NO[C@H]1CCNC1)[C@@H]1CC[C@@H]2CN1C(=O)N2OS(=O)(=O)O. The van der Waals surface area contributed by atoms with E-state index in [9.17, 15) is 40.8 Å². The first-order chi connectivity index (χ1) is 24.7. The van der Waals surface area contributed by atoms with Crippen LogP contribution in [0, 0.1) is 0 Å². The predicted octanol–water partition coefficient (Wildman–Crippen LogP) is -1.55. The van der Waals surface area contributed by atoms with Crippen LogP contribution in [0.5, 0.6) is 0 Å². The maximum absolute atomic E-state index is 12.5. The second kappa shape index (κ2) is 16.0. The second-order valence-corrected chi connectivity index (χ2v) is 16.1. The molecule has 0 aromatic heterocycles. The summed E-state index contributed by atoms with van der Waals surface area (Å²) in [5.41, 5.74) is 4.08. The van der Waals surface area contributed by atoms with E-state index in [2.05, 4.69) is 24.8 Å². The third-order valence-electron chi connectivity index (χ3n) is 9.06. The van der Waals surface area contributed by atoms with Crippen LogP contribution in [-0.4, -0.2) is 162 Å². The molecule has 0 aromatic rings. The Bertz CT molecular complexity index is 1640. The van der Waals surface area contributed by atoms with Gasteiger partial charge in [-0.05, 0) is 65.8 Å². The molecule has 0 aromatic carbocycles. The molecule has 4 bridgehead atoms. The van der Waals surface area contributed by atoms with Crippen molar-refractivity contribution >= 4 is 50.8 Å². The van der Waals surface area contributed by atoms with Crippen molar-refractivity contribution < 1.29 is 72.9 Å². The molecule has 300 valence electrons. The Balaban J connectivity index is 0.000000211. The summed E-state index contributed by atoms with van der Waals surface area (Å²) < 4.78 is 74.9. The van der Waals surface area contributed by atoms with E-state index in [0.29, 0.717) is 48.9 Å². The summed E-state index contributed by atoms with van der Waals surface area (Å²) in [6, 6.07) is -4.33. The third kappa shape index (κ3) is 10.5. The average molecular weight is 801 g/mol. The van der Waals surface area contributed by atoms with Crippen molar-refractivity contribution in [2.45, 2.75) is 101 Å². The van der Waals surface area contributed by atoms with Crippen LogP contribution in [0.1, 0.15) is 59.3 Å². The maximum atomic E-state index is 12.5. The Morgan fingerprint density at radius 1 is 0.736 bits per heavy atom. The lowest BCUT2D eigenvalue weighted by molar-refractivity contribution is -0.143. The van der Waals surface area contributed by atoms with E-state index < -0.39 is 86.6 Å². The molecule has 6 rings (SSSR count). The van der Waals surface area contributed by atoms with E-state index in [4.69, 9.17) is 23.5 Å². The molecule has 0 aliphatic carbocycles. The van der Waals surface area contributed by atoms with E-state index in [0.717, 1.165) is 13.0 Å². The van der Waals surface area contributed by atoms with Gasteiger partial charge in [0.15, 0.2) is 0 Å². The predicted molar refractivity (Wildman–Crippen MR) is 173 cm³/mol. The van der Waals surface area contributed by atoms with Gasteiger partial charge in [-0.2, -0.15) is 27.0 Å².